The van der Waals surface area contributed by atoms with E-state index >= 15 is 0 Å². The van der Waals surface area contributed by atoms with Gasteiger partial charge in [-0.05, 0) is 30.1 Å². The van der Waals surface area contributed by atoms with Gasteiger partial charge in [0, 0.05) is 0 Å². The SMILES string of the molecule is CC1CCCC(CC2CCC(C)CC2)CC1. The van der Waals surface area contributed by atoms with E-state index in [2.05, 4.69) is 13.8 Å². The van der Waals surface area contributed by atoms with E-state index in [1.54, 1.807) is 6.42 Å². The van der Waals surface area contributed by atoms with Gasteiger partial charge >= 0.3 is 0 Å². The van der Waals surface area contributed by atoms with Crippen molar-refractivity contribution in [1.82, 2.24) is 0 Å². The topological polar surface area (TPSA) is 0 Å². The molecule has 0 aromatic carbocycles. The Morgan fingerprint density at radius 3 is 1.75 bits per heavy atom. The molecule has 0 aromatic rings. The summed E-state index contributed by atoms with van der Waals surface area (Å²) in [5.74, 6) is 4.21. The van der Waals surface area contributed by atoms with E-state index in [-0.39, 0.29) is 0 Å². The molecule has 0 heterocycles. The van der Waals surface area contributed by atoms with Crippen LogP contribution in [0.2, 0.25) is 0 Å². The first-order valence-electron chi connectivity index (χ1n) is 7.74. The second kappa shape index (κ2) is 6.07. The molecule has 94 valence electrons. The number of rotatable bonds is 2. The Kier molecular flexibility index (Phi) is 4.73. The van der Waals surface area contributed by atoms with Crippen molar-refractivity contribution in [3.8, 4) is 0 Å². The maximum absolute atomic E-state index is 2.45. The van der Waals surface area contributed by atoms with Gasteiger partial charge in [-0.15, -0.1) is 0 Å². The highest BCUT2D eigenvalue weighted by atomic mass is 14.3. The van der Waals surface area contributed by atoms with Crippen LogP contribution in [0.3, 0.4) is 0 Å². The van der Waals surface area contributed by atoms with E-state index in [1.807, 2.05) is 0 Å². The Morgan fingerprint density at radius 1 is 0.625 bits per heavy atom. The van der Waals surface area contributed by atoms with Gasteiger partial charge in [0.15, 0.2) is 0 Å². The maximum atomic E-state index is 2.45. The summed E-state index contributed by atoms with van der Waals surface area (Å²) < 4.78 is 0. The summed E-state index contributed by atoms with van der Waals surface area (Å²) in [4.78, 5) is 0. The van der Waals surface area contributed by atoms with Gasteiger partial charge in [0.2, 0.25) is 0 Å². The fourth-order valence-electron chi connectivity index (χ4n) is 3.84. The zero-order valence-electron chi connectivity index (χ0n) is 11.4. The van der Waals surface area contributed by atoms with Gasteiger partial charge in [0.1, 0.15) is 0 Å². The van der Waals surface area contributed by atoms with Crippen LogP contribution in [0.4, 0.5) is 0 Å². The third-order valence-electron chi connectivity index (χ3n) is 5.18. The van der Waals surface area contributed by atoms with Crippen LogP contribution in [0.15, 0.2) is 0 Å². The minimum absolute atomic E-state index is 1.01. The predicted octanol–water partition coefficient (Wildman–Crippen LogP) is 5.42. The van der Waals surface area contributed by atoms with Crippen molar-refractivity contribution in [3.63, 3.8) is 0 Å². The summed E-state index contributed by atoms with van der Waals surface area (Å²) in [6.07, 6.45) is 15.2. The van der Waals surface area contributed by atoms with Crippen LogP contribution in [0, 0.1) is 23.7 Å². The van der Waals surface area contributed by atoms with Gasteiger partial charge in [0.05, 0.1) is 0 Å². The van der Waals surface area contributed by atoms with Gasteiger partial charge in [-0.1, -0.05) is 71.6 Å². The molecule has 2 rings (SSSR count). The molecule has 2 unspecified atom stereocenters. The van der Waals surface area contributed by atoms with Gasteiger partial charge in [-0.3, -0.25) is 0 Å². The van der Waals surface area contributed by atoms with Crippen molar-refractivity contribution in [2.75, 3.05) is 0 Å². The van der Waals surface area contributed by atoms with Crippen LogP contribution in [-0.2, 0) is 0 Å². The zero-order chi connectivity index (χ0) is 11.4. The first-order chi connectivity index (χ1) is 7.74. The van der Waals surface area contributed by atoms with E-state index < -0.39 is 0 Å². The second-order valence-corrected chi connectivity index (χ2v) is 6.84. The lowest BCUT2D eigenvalue weighted by atomic mass is 9.77. The average molecular weight is 222 g/mol. The van der Waals surface area contributed by atoms with Crippen LogP contribution >= 0.6 is 0 Å². The highest BCUT2D eigenvalue weighted by Crippen LogP contribution is 2.37. The van der Waals surface area contributed by atoms with E-state index in [0.717, 1.165) is 23.7 Å². The highest BCUT2D eigenvalue weighted by Gasteiger charge is 2.23. The number of hydrogen-bond acceptors (Lipinski definition) is 0. The predicted molar refractivity (Wildman–Crippen MR) is 71.5 cm³/mol. The van der Waals surface area contributed by atoms with Crippen LogP contribution in [0.5, 0.6) is 0 Å². The first-order valence-corrected chi connectivity index (χ1v) is 7.74. The van der Waals surface area contributed by atoms with Crippen LogP contribution < -0.4 is 0 Å². The molecule has 0 aromatic heterocycles. The monoisotopic (exact) mass is 222 g/mol. The Bertz CT molecular complexity index is 188. The smallest absolute Gasteiger partial charge is 0.0411 e. The summed E-state index contributed by atoms with van der Waals surface area (Å²) >= 11 is 0. The van der Waals surface area contributed by atoms with Gasteiger partial charge in [-0.25, -0.2) is 0 Å². The maximum Gasteiger partial charge on any atom is -0.0411 e. The molecule has 0 amide bonds. The largest absolute Gasteiger partial charge is 0.0625 e. The molecular formula is C16H30. The molecule has 0 saturated heterocycles. The molecule has 0 radical (unpaired) electrons. The zero-order valence-corrected chi connectivity index (χ0v) is 11.4. The fourth-order valence-corrected chi connectivity index (χ4v) is 3.84. The quantitative estimate of drug-likeness (QED) is 0.547. The molecule has 0 spiro atoms. The summed E-state index contributed by atoms with van der Waals surface area (Å²) in [7, 11) is 0. The summed E-state index contributed by atoms with van der Waals surface area (Å²) in [6.45, 7) is 4.88. The molecule has 0 aliphatic heterocycles. The molecule has 0 bridgehead atoms. The van der Waals surface area contributed by atoms with Crippen molar-refractivity contribution >= 4 is 0 Å². The summed E-state index contributed by atoms with van der Waals surface area (Å²) in [6, 6.07) is 0. The van der Waals surface area contributed by atoms with Gasteiger partial charge < -0.3 is 0 Å². The molecule has 0 nitrogen and oxygen atoms in total. The Balaban J connectivity index is 1.72. The van der Waals surface area contributed by atoms with Crippen molar-refractivity contribution in [3.05, 3.63) is 0 Å². The standard InChI is InChI=1S/C16H30/c1-13-4-3-5-15(9-6-13)12-16-10-7-14(2)8-11-16/h13-16H,3-12H2,1-2H3. The van der Waals surface area contributed by atoms with E-state index in [0.29, 0.717) is 0 Å². The molecule has 0 N–H and O–H groups in total. The Labute approximate surface area is 102 Å². The average Bonchev–Trinajstić information content (AvgIpc) is 2.47. The number of hydrogen-bond donors (Lipinski definition) is 0. The third-order valence-corrected chi connectivity index (χ3v) is 5.18. The fraction of sp³-hybridized carbons (Fsp3) is 1.00. The van der Waals surface area contributed by atoms with E-state index in [9.17, 15) is 0 Å². The Morgan fingerprint density at radius 2 is 1.12 bits per heavy atom. The minimum atomic E-state index is 1.01. The lowest BCUT2D eigenvalue weighted by Gasteiger charge is -2.29. The Hall–Kier alpha value is 0. The van der Waals surface area contributed by atoms with E-state index in [4.69, 9.17) is 0 Å². The normalized spacial score (nSPS) is 41.6. The molecular weight excluding hydrogens is 192 g/mol. The van der Waals surface area contributed by atoms with E-state index in [1.165, 1.54) is 57.8 Å². The van der Waals surface area contributed by atoms with Crippen molar-refractivity contribution in [2.24, 2.45) is 23.7 Å². The van der Waals surface area contributed by atoms with Crippen LogP contribution in [-0.4, -0.2) is 0 Å². The first kappa shape index (κ1) is 12.5. The molecule has 0 heteroatoms. The molecule has 16 heavy (non-hydrogen) atoms. The molecule has 2 aliphatic carbocycles. The lowest BCUT2D eigenvalue weighted by molar-refractivity contribution is 0.235. The highest BCUT2D eigenvalue weighted by molar-refractivity contribution is 4.75. The molecule has 2 atom stereocenters. The second-order valence-electron chi connectivity index (χ2n) is 6.84. The van der Waals surface area contributed by atoms with Gasteiger partial charge in [-0.2, -0.15) is 0 Å². The molecule has 2 saturated carbocycles. The summed E-state index contributed by atoms with van der Waals surface area (Å²) in [5, 5.41) is 0. The van der Waals surface area contributed by atoms with Crippen molar-refractivity contribution in [1.29, 1.82) is 0 Å². The summed E-state index contributed by atoms with van der Waals surface area (Å²) in [5.41, 5.74) is 0. The molecule has 2 fully saturated rings. The lowest BCUT2D eigenvalue weighted by Crippen LogP contribution is -2.15. The van der Waals surface area contributed by atoms with Crippen molar-refractivity contribution in [2.45, 2.75) is 78.1 Å². The third kappa shape index (κ3) is 3.79. The van der Waals surface area contributed by atoms with Crippen LogP contribution in [0.25, 0.3) is 0 Å². The molecule has 2 aliphatic rings. The van der Waals surface area contributed by atoms with Crippen LogP contribution in [0.1, 0.15) is 78.1 Å². The minimum Gasteiger partial charge on any atom is -0.0625 e. The van der Waals surface area contributed by atoms with Crippen molar-refractivity contribution < 1.29 is 0 Å². The van der Waals surface area contributed by atoms with Gasteiger partial charge in [0.25, 0.3) is 0 Å².